The quantitative estimate of drug-likeness (QED) is 0.888. The molecular formula is C14H25N3O2S2. The molecule has 1 unspecified atom stereocenters. The second-order valence-electron chi connectivity index (χ2n) is 5.74. The van der Waals surface area contributed by atoms with E-state index in [0.717, 1.165) is 35.7 Å². The van der Waals surface area contributed by atoms with Crippen LogP contribution in [0, 0.1) is 6.92 Å². The van der Waals surface area contributed by atoms with Crippen LogP contribution in [0.25, 0.3) is 0 Å². The van der Waals surface area contributed by atoms with Crippen molar-refractivity contribution in [2.24, 2.45) is 0 Å². The van der Waals surface area contributed by atoms with E-state index in [1.54, 1.807) is 22.7 Å². The molecule has 7 heteroatoms. The fourth-order valence-electron chi connectivity index (χ4n) is 2.83. The maximum Gasteiger partial charge on any atom is 0.244 e. The Kier molecular flexibility index (Phi) is 5.43. The highest BCUT2D eigenvalue weighted by Gasteiger charge is 2.32. The highest BCUT2D eigenvalue weighted by molar-refractivity contribution is 7.89. The lowest BCUT2D eigenvalue weighted by Crippen LogP contribution is -2.47. The van der Waals surface area contributed by atoms with Gasteiger partial charge in [0, 0.05) is 35.9 Å². The summed E-state index contributed by atoms with van der Waals surface area (Å²) in [6.45, 7) is 4.45. The van der Waals surface area contributed by atoms with Crippen molar-refractivity contribution in [2.75, 3.05) is 34.2 Å². The van der Waals surface area contributed by atoms with Gasteiger partial charge in [0.25, 0.3) is 0 Å². The number of aryl methyl sites for hydroxylation is 1. The van der Waals surface area contributed by atoms with Crippen LogP contribution >= 0.6 is 11.3 Å². The van der Waals surface area contributed by atoms with E-state index in [0.29, 0.717) is 11.4 Å². The summed E-state index contributed by atoms with van der Waals surface area (Å²) in [6, 6.07) is 1.88. The van der Waals surface area contributed by atoms with Gasteiger partial charge in [0.15, 0.2) is 0 Å². The van der Waals surface area contributed by atoms with Gasteiger partial charge in [-0.15, -0.1) is 11.3 Å². The van der Waals surface area contributed by atoms with Crippen molar-refractivity contribution in [2.45, 2.75) is 37.2 Å². The van der Waals surface area contributed by atoms with Crippen molar-refractivity contribution in [1.29, 1.82) is 0 Å². The van der Waals surface area contributed by atoms with Crippen molar-refractivity contribution in [3.63, 3.8) is 0 Å². The molecular weight excluding hydrogens is 306 g/mol. The van der Waals surface area contributed by atoms with E-state index in [2.05, 4.69) is 10.2 Å². The fourth-order valence-corrected chi connectivity index (χ4v) is 5.82. The van der Waals surface area contributed by atoms with E-state index in [9.17, 15) is 8.42 Å². The number of likely N-dealkylation sites (tertiary alicyclic amines) is 1. The number of rotatable bonds is 5. The van der Waals surface area contributed by atoms with Crippen LogP contribution in [0.1, 0.15) is 22.6 Å². The number of piperidine rings is 1. The SMILES string of the molecule is CNCc1cc(S(=O)(=O)N(C)C2CCCN(C)C2)c(C)s1. The lowest BCUT2D eigenvalue weighted by molar-refractivity contribution is 0.187. The molecule has 0 bridgehead atoms. The molecule has 2 rings (SSSR count). The predicted octanol–water partition coefficient (Wildman–Crippen LogP) is 1.49. The van der Waals surface area contributed by atoms with Gasteiger partial charge in [-0.2, -0.15) is 4.31 Å². The highest BCUT2D eigenvalue weighted by atomic mass is 32.2. The van der Waals surface area contributed by atoms with E-state index in [1.807, 2.05) is 27.1 Å². The molecule has 5 nitrogen and oxygen atoms in total. The standard InChI is InChI=1S/C14H25N3O2S2/c1-11-14(8-13(20-11)9-15-2)21(18,19)17(4)12-6-5-7-16(3)10-12/h8,12,15H,5-7,9-10H2,1-4H3. The van der Waals surface area contributed by atoms with Crippen LogP contribution in [0.5, 0.6) is 0 Å². The molecule has 120 valence electrons. The lowest BCUT2D eigenvalue weighted by Gasteiger charge is -2.35. The Balaban J connectivity index is 2.24. The predicted molar refractivity (Wildman–Crippen MR) is 87.3 cm³/mol. The molecule has 0 amide bonds. The van der Waals surface area contributed by atoms with Gasteiger partial charge >= 0.3 is 0 Å². The Labute approximate surface area is 132 Å². The first kappa shape index (κ1) is 16.9. The van der Waals surface area contributed by atoms with Crippen molar-refractivity contribution in [1.82, 2.24) is 14.5 Å². The number of likely N-dealkylation sites (N-methyl/N-ethyl adjacent to an activating group) is 2. The average molecular weight is 332 g/mol. The Morgan fingerprint density at radius 1 is 1.52 bits per heavy atom. The van der Waals surface area contributed by atoms with E-state index in [4.69, 9.17) is 0 Å². The van der Waals surface area contributed by atoms with Crippen LogP contribution in [-0.2, 0) is 16.6 Å². The Hall–Kier alpha value is -0.470. The van der Waals surface area contributed by atoms with Crippen LogP contribution in [0.2, 0.25) is 0 Å². The molecule has 1 aliphatic heterocycles. The van der Waals surface area contributed by atoms with Crippen molar-refractivity contribution in [3.8, 4) is 0 Å². The molecule has 0 radical (unpaired) electrons. The Morgan fingerprint density at radius 3 is 2.86 bits per heavy atom. The molecule has 0 spiro atoms. The normalized spacial score (nSPS) is 21.1. The molecule has 1 N–H and O–H groups in total. The second-order valence-corrected chi connectivity index (χ2v) is 9.05. The summed E-state index contributed by atoms with van der Waals surface area (Å²) in [5.74, 6) is 0. The van der Waals surface area contributed by atoms with Gasteiger partial charge in [-0.25, -0.2) is 8.42 Å². The topological polar surface area (TPSA) is 52.7 Å². The summed E-state index contributed by atoms with van der Waals surface area (Å²) in [4.78, 5) is 4.60. The van der Waals surface area contributed by atoms with Gasteiger partial charge in [-0.1, -0.05) is 0 Å². The van der Waals surface area contributed by atoms with Crippen molar-refractivity contribution in [3.05, 3.63) is 15.8 Å². The summed E-state index contributed by atoms with van der Waals surface area (Å²) < 4.78 is 27.3. The van der Waals surface area contributed by atoms with Crippen LogP contribution in [0.4, 0.5) is 0 Å². The monoisotopic (exact) mass is 331 g/mol. The largest absolute Gasteiger partial charge is 0.315 e. The highest BCUT2D eigenvalue weighted by Crippen LogP contribution is 2.29. The number of hydrogen-bond donors (Lipinski definition) is 1. The zero-order valence-electron chi connectivity index (χ0n) is 13.2. The van der Waals surface area contributed by atoms with Crippen LogP contribution in [-0.4, -0.2) is 57.9 Å². The fraction of sp³-hybridized carbons (Fsp3) is 0.714. The van der Waals surface area contributed by atoms with Crippen LogP contribution in [0.3, 0.4) is 0 Å². The van der Waals surface area contributed by atoms with Gasteiger partial charge in [-0.05, 0) is 46.5 Å². The molecule has 1 saturated heterocycles. The summed E-state index contributed by atoms with van der Waals surface area (Å²) in [5.41, 5.74) is 0. The van der Waals surface area contributed by atoms with Crippen molar-refractivity contribution < 1.29 is 8.42 Å². The molecule has 1 aliphatic rings. The van der Waals surface area contributed by atoms with Gasteiger partial charge in [-0.3, -0.25) is 0 Å². The number of sulfonamides is 1. The van der Waals surface area contributed by atoms with E-state index in [-0.39, 0.29) is 6.04 Å². The number of nitrogens with zero attached hydrogens (tertiary/aromatic N) is 2. The maximum absolute atomic E-state index is 12.9. The molecule has 0 aliphatic carbocycles. The molecule has 1 atom stereocenters. The van der Waals surface area contributed by atoms with Gasteiger partial charge in [0.2, 0.25) is 10.0 Å². The number of hydrogen-bond acceptors (Lipinski definition) is 5. The third-order valence-electron chi connectivity index (χ3n) is 4.05. The minimum absolute atomic E-state index is 0.0702. The van der Waals surface area contributed by atoms with Gasteiger partial charge in [0.1, 0.15) is 0 Å². The Morgan fingerprint density at radius 2 is 2.24 bits per heavy atom. The zero-order chi connectivity index (χ0) is 15.6. The Bertz CT molecular complexity index is 583. The van der Waals surface area contributed by atoms with Crippen molar-refractivity contribution >= 4 is 21.4 Å². The van der Waals surface area contributed by atoms with E-state index in [1.165, 1.54) is 0 Å². The summed E-state index contributed by atoms with van der Waals surface area (Å²) in [6.07, 6.45) is 1.99. The summed E-state index contributed by atoms with van der Waals surface area (Å²) >= 11 is 1.55. The maximum atomic E-state index is 12.9. The first-order valence-corrected chi connectivity index (χ1v) is 9.52. The summed E-state index contributed by atoms with van der Waals surface area (Å²) in [5, 5.41) is 3.07. The van der Waals surface area contributed by atoms with Gasteiger partial charge in [0.05, 0.1) is 4.90 Å². The molecule has 1 aromatic heterocycles. The van der Waals surface area contributed by atoms with E-state index >= 15 is 0 Å². The molecule has 2 heterocycles. The second kappa shape index (κ2) is 6.75. The third kappa shape index (κ3) is 3.65. The average Bonchev–Trinajstić information content (AvgIpc) is 2.80. The smallest absolute Gasteiger partial charge is 0.244 e. The molecule has 1 fully saturated rings. The first-order valence-electron chi connectivity index (χ1n) is 7.26. The molecule has 0 saturated carbocycles. The number of nitrogens with one attached hydrogen (secondary N) is 1. The zero-order valence-corrected chi connectivity index (χ0v) is 14.9. The molecule has 21 heavy (non-hydrogen) atoms. The summed E-state index contributed by atoms with van der Waals surface area (Å²) in [7, 11) is 2.23. The molecule has 1 aromatic rings. The van der Waals surface area contributed by atoms with E-state index < -0.39 is 10.0 Å². The molecule has 0 aromatic carbocycles. The van der Waals surface area contributed by atoms with Crippen LogP contribution in [0.15, 0.2) is 11.0 Å². The minimum Gasteiger partial charge on any atom is -0.315 e. The number of thiophene rings is 1. The first-order chi connectivity index (χ1) is 9.86. The van der Waals surface area contributed by atoms with Crippen LogP contribution < -0.4 is 5.32 Å². The third-order valence-corrected chi connectivity index (χ3v) is 7.26. The lowest BCUT2D eigenvalue weighted by atomic mass is 10.1. The minimum atomic E-state index is -3.40. The van der Waals surface area contributed by atoms with Gasteiger partial charge < -0.3 is 10.2 Å².